The van der Waals surface area contributed by atoms with Crippen LogP contribution in [0.3, 0.4) is 0 Å². The lowest BCUT2D eigenvalue weighted by Crippen LogP contribution is -2.21. The van der Waals surface area contributed by atoms with Crippen LogP contribution in [0.5, 0.6) is 0 Å². The molecule has 0 aliphatic heterocycles. The highest BCUT2D eigenvalue weighted by Crippen LogP contribution is 2.39. The highest BCUT2D eigenvalue weighted by atomic mass is 31.0. The maximum absolute atomic E-state index is 4.58. The van der Waals surface area contributed by atoms with Gasteiger partial charge in [0, 0.05) is 11.6 Å². The highest BCUT2D eigenvalue weighted by molar-refractivity contribution is 7.30. The van der Waals surface area contributed by atoms with Crippen molar-refractivity contribution < 1.29 is 0 Å². The maximum Gasteiger partial charge on any atom is 0.0620 e. The number of aromatic nitrogens is 1. The number of nitrogens with zero attached hydrogens (tertiary/aromatic N) is 1. The van der Waals surface area contributed by atoms with E-state index in [2.05, 4.69) is 17.7 Å². The first-order valence-electron chi connectivity index (χ1n) is 6.31. The van der Waals surface area contributed by atoms with E-state index in [1.807, 2.05) is 6.20 Å². The lowest BCUT2D eigenvalue weighted by atomic mass is 9.81. The van der Waals surface area contributed by atoms with Gasteiger partial charge < -0.3 is 0 Å². The van der Waals surface area contributed by atoms with Crippen molar-refractivity contribution in [3.05, 3.63) is 17.4 Å². The van der Waals surface area contributed by atoms with Gasteiger partial charge in [-0.1, -0.05) is 45.4 Å². The Morgan fingerprint density at radius 3 is 2.20 bits per heavy atom. The van der Waals surface area contributed by atoms with Crippen molar-refractivity contribution >= 4 is 8.19 Å². The van der Waals surface area contributed by atoms with Crippen molar-refractivity contribution in [2.45, 2.75) is 63.7 Å². The smallest absolute Gasteiger partial charge is 0.0620 e. The first-order chi connectivity index (χ1) is 7.31. The van der Waals surface area contributed by atoms with Gasteiger partial charge in [-0.2, -0.15) is 0 Å². The Kier molecular flexibility index (Phi) is 3.86. The molecular formula is C13H22NP. The van der Waals surface area contributed by atoms with Crippen molar-refractivity contribution in [1.82, 2.24) is 4.98 Å². The lowest BCUT2D eigenvalue weighted by molar-refractivity contribution is 0.380. The molecule has 1 nitrogen and oxygen atoms in total. The van der Waals surface area contributed by atoms with Gasteiger partial charge in [-0.3, -0.25) is 4.98 Å². The third kappa shape index (κ3) is 2.84. The van der Waals surface area contributed by atoms with Crippen LogP contribution in [0.1, 0.15) is 63.7 Å². The highest BCUT2D eigenvalue weighted by Gasteiger charge is 2.27. The Balaban J connectivity index is 2.09. The Morgan fingerprint density at radius 2 is 1.67 bits per heavy atom. The quantitative estimate of drug-likeness (QED) is 0.682. The Labute approximate surface area is 94.8 Å². The summed E-state index contributed by atoms with van der Waals surface area (Å²) in [6.07, 6.45) is 13.3. The standard InChI is InChI=1S/C13H22NP/c1-13(12-14-10-11-15-12)8-6-4-2-3-5-7-9-13/h10-11,15H,2-9H2,1H3. The molecule has 0 saturated heterocycles. The van der Waals surface area contributed by atoms with E-state index in [0.717, 1.165) is 8.19 Å². The zero-order chi connectivity index (χ0) is 10.6. The Morgan fingerprint density at radius 1 is 1.07 bits per heavy atom. The second-order valence-corrected chi connectivity index (χ2v) is 6.22. The molecule has 0 N–H and O–H groups in total. The third-order valence-electron chi connectivity index (χ3n) is 3.78. The van der Waals surface area contributed by atoms with Crippen molar-refractivity contribution in [2.75, 3.05) is 0 Å². The van der Waals surface area contributed by atoms with Crippen LogP contribution >= 0.6 is 8.19 Å². The molecule has 1 aromatic rings. The molecule has 1 aromatic heterocycles. The lowest BCUT2D eigenvalue weighted by Gasteiger charge is -2.27. The molecule has 0 spiro atoms. The second-order valence-electron chi connectivity index (χ2n) is 5.12. The molecule has 15 heavy (non-hydrogen) atoms. The molecule has 1 aliphatic rings. The van der Waals surface area contributed by atoms with Crippen molar-refractivity contribution in [3.63, 3.8) is 0 Å². The molecule has 2 rings (SSSR count). The van der Waals surface area contributed by atoms with Gasteiger partial charge in [-0.05, 0) is 18.6 Å². The van der Waals surface area contributed by atoms with Crippen LogP contribution in [0, 0.1) is 0 Å². The van der Waals surface area contributed by atoms with Crippen LogP contribution in [-0.4, -0.2) is 4.98 Å². The minimum Gasteiger partial charge on any atom is -0.256 e. The average molecular weight is 223 g/mol. The van der Waals surface area contributed by atoms with Crippen LogP contribution in [-0.2, 0) is 5.41 Å². The Hall–Kier alpha value is -0.290. The van der Waals surface area contributed by atoms with Gasteiger partial charge in [0.15, 0.2) is 0 Å². The van der Waals surface area contributed by atoms with Gasteiger partial charge in [0.1, 0.15) is 0 Å². The summed E-state index contributed by atoms with van der Waals surface area (Å²) in [7, 11) is 0.864. The topological polar surface area (TPSA) is 12.9 Å². The summed E-state index contributed by atoms with van der Waals surface area (Å²) < 4.78 is 0. The fraction of sp³-hybridized carbons (Fsp3) is 0.769. The van der Waals surface area contributed by atoms with Crippen LogP contribution in [0.2, 0.25) is 0 Å². The molecule has 1 saturated carbocycles. The number of hydrogen-bond acceptors (Lipinski definition) is 1. The summed E-state index contributed by atoms with van der Waals surface area (Å²) in [5.41, 5.74) is 1.90. The summed E-state index contributed by atoms with van der Waals surface area (Å²) in [5, 5.41) is 0. The van der Waals surface area contributed by atoms with E-state index >= 15 is 0 Å². The third-order valence-corrected chi connectivity index (χ3v) is 5.10. The fourth-order valence-corrected chi connectivity index (χ4v) is 3.75. The fourth-order valence-electron chi connectivity index (χ4n) is 2.69. The maximum atomic E-state index is 4.58. The second kappa shape index (κ2) is 5.16. The molecule has 1 aliphatic carbocycles. The molecule has 1 unspecified atom stereocenters. The zero-order valence-electron chi connectivity index (χ0n) is 9.76. The first-order valence-corrected chi connectivity index (χ1v) is 7.39. The van der Waals surface area contributed by atoms with E-state index in [1.165, 1.54) is 56.8 Å². The Bertz CT molecular complexity index is 269. The molecule has 1 fully saturated rings. The summed E-state index contributed by atoms with van der Waals surface area (Å²) >= 11 is 0. The molecule has 1 heterocycles. The molecule has 0 amide bonds. The predicted molar refractivity (Wildman–Crippen MR) is 68.0 cm³/mol. The summed E-state index contributed by atoms with van der Waals surface area (Å²) in [6.45, 7) is 2.44. The van der Waals surface area contributed by atoms with Gasteiger partial charge in [0.2, 0.25) is 0 Å². The zero-order valence-corrected chi connectivity index (χ0v) is 10.8. The van der Waals surface area contributed by atoms with Crippen molar-refractivity contribution in [1.29, 1.82) is 0 Å². The molecule has 0 aromatic carbocycles. The monoisotopic (exact) mass is 223 g/mol. The summed E-state index contributed by atoms with van der Waals surface area (Å²) in [6, 6.07) is 0. The molecule has 2 heteroatoms. The minimum absolute atomic E-state index is 0.423. The van der Waals surface area contributed by atoms with Gasteiger partial charge in [-0.15, -0.1) is 8.19 Å². The van der Waals surface area contributed by atoms with Crippen LogP contribution in [0.25, 0.3) is 0 Å². The van der Waals surface area contributed by atoms with Crippen LogP contribution in [0.4, 0.5) is 0 Å². The molecule has 0 bridgehead atoms. The van der Waals surface area contributed by atoms with E-state index in [1.54, 1.807) is 0 Å². The van der Waals surface area contributed by atoms with Crippen molar-refractivity contribution in [2.24, 2.45) is 0 Å². The normalized spacial score (nSPS) is 23.3. The van der Waals surface area contributed by atoms with E-state index < -0.39 is 0 Å². The van der Waals surface area contributed by atoms with E-state index in [4.69, 9.17) is 0 Å². The molecular weight excluding hydrogens is 201 g/mol. The number of hydrogen-bond donors (Lipinski definition) is 0. The molecule has 1 atom stereocenters. The first kappa shape index (κ1) is 11.2. The molecule has 0 radical (unpaired) electrons. The van der Waals surface area contributed by atoms with Gasteiger partial charge >= 0.3 is 0 Å². The number of rotatable bonds is 1. The van der Waals surface area contributed by atoms with E-state index in [9.17, 15) is 0 Å². The largest absolute Gasteiger partial charge is 0.256 e. The van der Waals surface area contributed by atoms with Crippen LogP contribution in [0.15, 0.2) is 12.0 Å². The van der Waals surface area contributed by atoms with E-state index in [0.29, 0.717) is 5.41 Å². The van der Waals surface area contributed by atoms with Gasteiger partial charge in [0.25, 0.3) is 0 Å². The average Bonchev–Trinajstić information content (AvgIpc) is 2.75. The van der Waals surface area contributed by atoms with Gasteiger partial charge in [0.05, 0.1) is 5.43 Å². The van der Waals surface area contributed by atoms with E-state index in [-0.39, 0.29) is 0 Å². The minimum atomic E-state index is 0.423. The van der Waals surface area contributed by atoms with Crippen LogP contribution < -0.4 is 0 Å². The predicted octanol–water partition coefficient (Wildman–Crippen LogP) is 4.51. The molecule has 84 valence electrons. The summed E-state index contributed by atoms with van der Waals surface area (Å²) in [4.78, 5) is 4.58. The summed E-state index contributed by atoms with van der Waals surface area (Å²) in [5.74, 6) is 2.23. The van der Waals surface area contributed by atoms with Gasteiger partial charge in [-0.25, -0.2) is 0 Å². The van der Waals surface area contributed by atoms with Crippen molar-refractivity contribution in [3.8, 4) is 0 Å². The SMILES string of the molecule is CC1(c2ncc[pH]2)CCCCCCCC1.